The van der Waals surface area contributed by atoms with Gasteiger partial charge in [-0.2, -0.15) is 8.75 Å². The van der Waals surface area contributed by atoms with Gasteiger partial charge in [-0.05, 0) is 31.5 Å². The summed E-state index contributed by atoms with van der Waals surface area (Å²) >= 11 is 7.47. The summed E-state index contributed by atoms with van der Waals surface area (Å²) in [6.07, 6.45) is 0. The molecule has 0 aliphatic heterocycles. The summed E-state index contributed by atoms with van der Waals surface area (Å²) in [6, 6.07) is 10.3. The minimum Gasteiger partial charge on any atom is -0.378 e. The van der Waals surface area contributed by atoms with E-state index < -0.39 is 0 Å². The summed E-state index contributed by atoms with van der Waals surface area (Å²) in [6.45, 7) is 4.93. The molecule has 5 heteroatoms. The van der Waals surface area contributed by atoms with E-state index in [0.29, 0.717) is 5.02 Å². The third kappa shape index (κ3) is 2.62. The first-order valence-corrected chi connectivity index (χ1v) is 7.46. The molecule has 0 fully saturated rings. The summed E-state index contributed by atoms with van der Waals surface area (Å²) in [5.41, 5.74) is 6.34. The van der Waals surface area contributed by atoms with Gasteiger partial charge in [0.15, 0.2) is 0 Å². The molecule has 0 aliphatic rings. The lowest BCUT2D eigenvalue weighted by atomic mass is 10.1. The molecule has 0 atom stereocenters. The molecule has 0 radical (unpaired) electrons. The van der Waals surface area contributed by atoms with E-state index in [0.717, 1.165) is 23.3 Å². The Labute approximate surface area is 126 Å². The van der Waals surface area contributed by atoms with Gasteiger partial charge >= 0.3 is 0 Å². The molecular formula is C15H14ClN3S. The van der Waals surface area contributed by atoms with Crippen LogP contribution in [-0.2, 0) is 6.54 Å². The normalized spacial score (nSPS) is 10.9. The molecule has 1 heterocycles. The van der Waals surface area contributed by atoms with Gasteiger partial charge in [-0.25, -0.2) is 0 Å². The Morgan fingerprint density at radius 2 is 1.85 bits per heavy atom. The van der Waals surface area contributed by atoms with Gasteiger partial charge in [0.05, 0.1) is 22.4 Å². The average Bonchev–Trinajstić information content (AvgIpc) is 2.85. The van der Waals surface area contributed by atoms with Crippen LogP contribution < -0.4 is 5.32 Å². The summed E-state index contributed by atoms with van der Waals surface area (Å²) in [5.74, 6) is 0. The Hall–Kier alpha value is -1.65. The first kappa shape index (κ1) is 13.3. The van der Waals surface area contributed by atoms with Crippen molar-refractivity contribution in [2.45, 2.75) is 20.4 Å². The third-order valence-electron chi connectivity index (χ3n) is 3.13. The highest BCUT2D eigenvalue weighted by Gasteiger charge is 2.09. The van der Waals surface area contributed by atoms with Crippen molar-refractivity contribution < 1.29 is 0 Å². The molecule has 0 spiro atoms. The summed E-state index contributed by atoms with van der Waals surface area (Å²) in [7, 11) is 0. The molecule has 0 aliphatic carbocycles. The van der Waals surface area contributed by atoms with Crippen LogP contribution >= 0.6 is 23.3 Å². The van der Waals surface area contributed by atoms with Crippen LogP contribution in [0.4, 0.5) is 5.69 Å². The van der Waals surface area contributed by atoms with Gasteiger partial charge < -0.3 is 5.32 Å². The van der Waals surface area contributed by atoms with E-state index in [1.54, 1.807) is 0 Å². The number of nitrogens with one attached hydrogen (secondary N) is 1. The van der Waals surface area contributed by atoms with Gasteiger partial charge in [-0.3, -0.25) is 0 Å². The van der Waals surface area contributed by atoms with Gasteiger partial charge in [0.25, 0.3) is 0 Å². The standard InChI is InChI=1S/C15H14ClN3S/c1-9-5-10(2)7-11(6-9)8-17-14-12(16)3-4-13-15(14)19-20-18-13/h3-7,17H,8H2,1-2H3. The second-order valence-corrected chi connectivity index (χ2v) is 5.84. The number of anilines is 1. The van der Waals surface area contributed by atoms with Crippen LogP contribution in [0.5, 0.6) is 0 Å². The van der Waals surface area contributed by atoms with E-state index in [1.165, 1.54) is 28.4 Å². The molecular weight excluding hydrogens is 290 g/mol. The van der Waals surface area contributed by atoms with Crippen molar-refractivity contribution in [1.29, 1.82) is 0 Å². The minimum absolute atomic E-state index is 0.676. The van der Waals surface area contributed by atoms with Gasteiger partial charge in [0.2, 0.25) is 0 Å². The predicted octanol–water partition coefficient (Wildman–Crippen LogP) is 4.57. The van der Waals surface area contributed by atoms with Crippen molar-refractivity contribution in [3.63, 3.8) is 0 Å². The number of benzene rings is 2. The minimum atomic E-state index is 0.676. The zero-order valence-corrected chi connectivity index (χ0v) is 12.8. The second-order valence-electron chi connectivity index (χ2n) is 4.90. The highest BCUT2D eigenvalue weighted by atomic mass is 35.5. The predicted molar refractivity (Wildman–Crippen MR) is 85.7 cm³/mol. The number of hydrogen-bond donors (Lipinski definition) is 1. The molecule has 0 saturated heterocycles. The molecule has 3 aromatic rings. The number of rotatable bonds is 3. The fourth-order valence-electron chi connectivity index (χ4n) is 2.36. The van der Waals surface area contributed by atoms with Crippen LogP contribution in [0.25, 0.3) is 11.0 Å². The summed E-state index contributed by atoms with van der Waals surface area (Å²) < 4.78 is 8.55. The molecule has 1 aromatic heterocycles. The third-order valence-corrected chi connectivity index (χ3v) is 3.99. The molecule has 0 amide bonds. The lowest BCUT2D eigenvalue weighted by molar-refractivity contribution is 1.13. The van der Waals surface area contributed by atoms with Crippen molar-refractivity contribution in [1.82, 2.24) is 8.75 Å². The van der Waals surface area contributed by atoms with Crippen LogP contribution in [-0.4, -0.2) is 8.75 Å². The van der Waals surface area contributed by atoms with Gasteiger partial charge in [0.1, 0.15) is 11.0 Å². The molecule has 0 saturated carbocycles. The monoisotopic (exact) mass is 303 g/mol. The lowest BCUT2D eigenvalue weighted by Gasteiger charge is -2.10. The molecule has 20 heavy (non-hydrogen) atoms. The Morgan fingerprint density at radius 3 is 2.60 bits per heavy atom. The molecule has 0 bridgehead atoms. The topological polar surface area (TPSA) is 37.8 Å². The maximum atomic E-state index is 6.26. The smallest absolute Gasteiger partial charge is 0.129 e. The summed E-state index contributed by atoms with van der Waals surface area (Å²) in [4.78, 5) is 0. The second kappa shape index (κ2) is 5.38. The Morgan fingerprint density at radius 1 is 1.10 bits per heavy atom. The van der Waals surface area contributed by atoms with Gasteiger partial charge in [0, 0.05) is 6.54 Å². The van der Waals surface area contributed by atoms with E-state index in [9.17, 15) is 0 Å². The molecule has 3 nitrogen and oxygen atoms in total. The van der Waals surface area contributed by atoms with Crippen molar-refractivity contribution in [2.24, 2.45) is 0 Å². The van der Waals surface area contributed by atoms with E-state index in [1.807, 2.05) is 12.1 Å². The number of fused-ring (bicyclic) bond motifs is 1. The average molecular weight is 304 g/mol. The fraction of sp³-hybridized carbons (Fsp3) is 0.200. The Bertz CT molecular complexity index is 747. The van der Waals surface area contributed by atoms with Gasteiger partial charge in [-0.15, -0.1) is 0 Å². The zero-order valence-electron chi connectivity index (χ0n) is 11.3. The highest BCUT2D eigenvalue weighted by Crippen LogP contribution is 2.30. The number of halogens is 1. The number of aryl methyl sites for hydroxylation is 2. The Balaban J connectivity index is 1.90. The van der Waals surface area contributed by atoms with Crippen LogP contribution in [0.3, 0.4) is 0 Å². The first-order valence-electron chi connectivity index (χ1n) is 6.35. The van der Waals surface area contributed by atoms with Crippen LogP contribution in [0.2, 0.25) is 5.02 Å². The van der Waals surface area contributed by atoms with Crippen LogP contribution in [0.1, 0.15) is 16.7 Å². The fourth-order valence-corrected chi connectivity index (χ4v) is 3.12. The maximum absolute atomic E-state index is 6.26. The number of aromatic nitrogens is 2. The lowest BCUT2D eigenvalue weighted by Crippen LogP contribution is -2.01. The molecule has 0 unspecified atom stereocenters. The highest BCUT2D eigenvalue weighted by molar-refractivity contribution is 7.00. The van der Waals surface area contributed by atoms with Crippen molar-refractivity contribution >= 4 is 40.0 Å². The van der Waals surface area contributed by atoms with Crippen LogP contribution in [0.15, 0.2) is 30.3 Å². The number of hydrogen-bond acceptors (Lipinski definition) is 4. The van der Waals surface area contributed by atoms with E-state index in [-0.39, 0.29) is 0 Å². The quantitative estimate of drug-likeness (QED) is 0.770. The summed E-state index contributed by atoms with van der Waals surface area (Å²) in [5, 5.41) is 4.06. The first-order chi connectivity index (χ1) is 9.63. The Kier molecular flexibility index (Phi) is 3.59. The van der Waals surface area contributed by atoms with Crippen molar-refractivity contribution in [3.8, 4) is 0 Å². The molecule has 2 aromatic carbocycles. The maximum Gasteiger partial charge on any atom is 0.129 e. The van der Waals surface area contributed by atoms with Gasteiger partial charge in [-0.1, -0.05) is 40.9 Å². The van der Waals surface area contributed by atoms with E-state index in [4.69, 9.17) is 11.6 Å². The zero-order chi connectivity index (χ0) is 14.1. The van der Waals surface area contributed by atoms with Crippen molar-refractivity contribution in [2.75, 3.05) is 5.32 Å². The SMILES string of the molecule is Cc1cc(C)cc(CNc2c(Cl)ccc3nsnc23)c1. The number of nitrogens with zero attached hydrogens (tertiary/aromatic N) is 2. The molecule has 102 valence electrons. The van der Waals surface area contributed by atoms with E-state index in [2.05, 4.69) is 46.1 Å². The largest absolute Gasteiger partial charge is 0.378 e. The molecule has 1 N–H and O–H groups in total. The molecule has 3 rings (SSSR count). The van der Waals surface area contributed by atoms with E-state index >= 15 is 0 Å². The van der Waals surface area contributed by atoms with Crippen LogP contribution in [0, 0.1) is 13.8 Å². The van der Waals surface area contributed by atoms with Crippen molar-refractivity contribution in [3.05, 3.63) is 52.0 Å².